The Labute approximate surface area is 244 Å². The number of aromatic hydroxyl groups is 1. The van der Waals surface area contributed by atoms with Gasteiger partial charge >= 0.3 is 6.01 Å². The van der Waals surface area contributed by atoms with Crippen LogP contribution in [0.2, 0.25) is 0 Å². The number of pyridine rings is 1. The van der Waals surface area contributed by atoms with E-state index < -0.39 is 11.6 Å². The molecule has 2 saturated heterocycles. The molecule has 218 valence electrons. The zero-order valence-corrected chi connectivity index (χ0v) is 23.0. The molecule has 2 atom stereocenters. The van der Waals surface area contributed by atoms with Crippen molar-refractivity contribution in [3.8, 4) is 35.4 Å². The van der Waals surface area contributed by atoms with E-state index in [1.165, 1.54) is 37.6 Å². The van der Waals surface area contributed by atoms with Crippen LogP contribution in [0.25, 0.3) is 32.9 Å². The quantitative estimate of drug-likeness (QED) is 0.197. The molecule has 2 aliphatic heterocycles. The van der Waals surface area contributed by atoms with Crippen LogP contribution in [0.5, 0.6) is 11.8 Å². The highest BCUT2D eigenvalue weighted by Gasteiger charge is 2.44. The monoisotopic (exact) mass is 585 g/mol. The van der Waals surface area contributed by atoms with E-state index in [0.29, 0.717) is 29.7 Å². The third kappa shape index (κ3) is 4.63. The van der Waals surface area contributed by atoms with Gasteiger partial charge in [-0.05, 0) is 36.4 Å². The Kier molecular flexibility index (Phi) is 7.01. The fourth-order valence-corrected chi connectivity index (χ4v) is 6.08. The molecule has 2 unspecified atom stereocenters. The number of phenols is 1. The maximum atomic E-state index is 16.4. The second-order valence-corrected chi connectivity index (χ2v) is 10.4. The van der Waals surface area contributed by atoms with Crippen molar-refractivity contribution < 1.29 is 33.0 Å². The fraction of sp³-hybridized carbons (Fsp3) is 0.258. The van der Waals surface area contributed by atoms with Crippen molar-refractivity contribution in [1.29, 1.82) is 0 Å². The fourth-order valence-electron chi connectivity index (χ4n) is 6.08. The summed E-state index contributed by atoms with van der Waals surface area (Å²) < 4.78 is 41.1. The van der Waals surface area contributed by atoms with Gasteiger partial charge in [-0.25, -0.2) is 8.78 Å². The Bertz CT molecular complexity index is 1860. The van der Waals surface area contributed by atoms with Crippen molar-refractivity contribution >= 4 is 39.9 Å². The average molecular weight is 586 g/mol. The number of terminal acetylenes is 1. The van der Waals surface area contributed by atoms with Gasteiger partial charge in [0.05, 0.1) is 30.1 Å². The first-order valence-electron chi connectivity index (χ1n) is 13.4. The number of piperazine rings is 1. The van der Waals surface area contributed by atoms with Gasteiger partial charge in [0.2, 0.25) is 0 Å². The van der Waals surface area contributed by atoms with Gasteiger partial charge in [0, 0.05) is 35.8 Å². The standard InChI is InChI=1S/C31H25F2N5O5/c1-4-21-24(32)8-5-17-9-20(40)10-22(25(17)21)27-26(33)28-23(11-34-27)29(36-31(35-28)42-3)37-12-18-6-7-19(13-37)38(18)30(41)16(2)14-43-15-39/h1,5,8-11,15,18-19,40H,2,6-7,12-14H2,3H3. The average Bonchev–Trinajstić information content (AvgIpc) is 3.27. The molecular formula is C31H25F2N5O5. The third-order valence-electron chi connectivity index (χ3n) is 7.92. The summed E-state index contributed by atoms with van der Waals surface area (Å²) in [5, 5.41) is 11.3. The van der Waals surface area contributed by atoms with Gasteiger partial charge in [-0.1, -0.05) is 18.6 Å². The molecule has 0 radical (unpaired) electrons. The smallest absolute Gasteiger partial charge is 0.318 e. The van der Waals surface area contributed by atoms with E-state index in [4.69, 9.17) is 15.9 Å². The highest BCUT2D eigenvalue weighted by Crippen LogP contribution is 2.40. The molecular weight excluding hydrogens is 560 g/mol. The minimum atomic E-state index is -0.832. The van der Waals surface area contributed by atoms with Crippen molar-refractivity contribution in [1.82, 2.24) is 19.9 Å². The number of ether oxygens (including phenoxy) is 2. The van der Waals surface area contributed by atoms with Crippen LogP contribution in [0.4, 0.5) is 14.6 Å². The number of methoxy groups -OCH3 is 1. The zero-order valence-electron chi connectivity index (χ0n) is 23.0. The summed E-state index contributed by atoms with van der Waals surface area (Å²) in [4.78, 5) is 40.5. The van der Waals surface area contributed by atoms with Crippen LogP contribution >= 0.6 is 0 Å². The summed E-state index contributed by atoms with van der Waals surface area (Å²) in [7, 11) is 1.36. The maximum Gasteiger partial charge on any atom is 0.318 e. The molecule has 2 aromatic heterocycles. The first-order valence-corrected chi connectivity index (χ1v) is 13.4. The number of benzene rings is 2. The van der Waals surface area contributed by atoms with Gasteiger partial charge in [-0.2, -0.15) is 9.97 Å². The summed E-state index contributed by atoms with van der Waals surface area (Å²) in [6.45, 7) is 4.63. The van der Waals surface area contributed by atoms with Crippen LogP contribution in [0.1, 0.15) is 18.4 Å². The van der Waals surface area contributed by atoms with Crippen LogP contribution in [0.15, 0.2) is 42.6 Å². The lowest BCUT2D eigenvalue weighted by Gasteiger charge is -2.42. The summed E-state index contributed by atoms with van der Waals surface area (Å²) in [5.41, 5.74) is -0.0817. The van der Waals surface area contributed by atoms with Crippen LogP contribution < -0.4 is 9.64 Å². The first kappa shape index (κ1) is 27.8. The van der Waals surface area contributed by atoms with Gasteiger partial charge in [0.25, 0.3) is 12.4 Å². The van der Waals surface area contributed by atoms with Crippen LogP contribution in [0.3, 0.4) is 0 Å². The number of hydrogen-bond donors (Lipinski definition) is 1. The highest BCUT2D eigenvalue weighted by molar-refractivity contribution is 6.03. The van der Waals surface area contributed by atoms with Gasteiger partial charge < -0.3 is 24.4 Å². The number of anilines is 1. The van der Waals surface area contributed by atoms with Gasteiger partial charge in [-0.3, -0.25) is 14.6 Å². The molecule has 6 rings (SSSR count). The summed E-state index contributed by atoms with van der Waals surface area (Å²) in [5.74, 6) is 0.745. The minimum absolute atomic E-state index is 0.0834. The Morgan fingerprint density at radius 2 is 1.98 bits per heavy atom. The molecule has 4 heterocycles. The van der Waals surface area contributed by atoms with Crippen molar-refractivity contribution in [3.63, 3.8) is 0 Å². The number of fused-ring (bicyclic) bond motifs is 4. The minimum Gasteiger partial charge on any atom is -0.508 e. The molecule has 0 saturated carbocycles. The van der Waals surface area contributed by atoms with Crippen LogP contribution in [-0.2, 0) is 14.3 Å². The van der Waals surface area contributed by atoms with E-state index in [-0.39, 0.29) is 76.1 Å². The van der Waals surface area contributed by atoms with Crippen molar-refractivity contribution in [2.24, 2.45) is 0 Å². The molecule has 43 heavy (non-hydrogen) atoms. The predicted octanol–water partition coefficient (Wildman–Crippen LogP) is 3.73. The predicted molar refractivity (Wildman–Crippen MR) is 153 cm³/mol. The largest absolute Gasteiger partial charge is 0.508 e. The van der Waals surface area contributed by atoms with E-state index in [1.807, 2.05) is 4.90 Å². The van der Waals surface area contributed by atoms with E-state index in [9.17, 15) is 19.1 Å². The Morgan fingerprint density at radius 1 is 1.23 bits per heavy atom. The maximum absolute atomic E-state index is 16.4. The van der Waals surface area contributed by atoms with Crippen LogP contribution in [-0.4, -0.2) is 76.2 Å². The van der Waals surface area contributed by atoms with E-state index >= 15 is 4.39 Å². The number of hydrogen-bond acceptors (Lipinski definition) is 9. The zero-order chi connectivity index (χ0) is 30.4. The molecule has 2 fully saturated rings. The molecule has 0 spiro atoms. The number of rotatable bonds is 7. The van der Waals surface area contributed by atoms with Crippen molar-refractivity contribution in [2.75, 3.05) is 31.7 Å². The molecule has 10 nitrogen and oxygen atoms in total. The second kappa shape index (κ2) is 10.8. The number of phenolic OH excluding ortho intramolecular Hbond substituents is 1. The molecule has 0 aliphatic carbocycles. The Morgan fingerprint density at radius 3 is 2.65 bits per heavy atom. The lowest BCUT2D eigenvalue weighted by Crippen LogP contribution is -2.56. The van der Waals surface area contributed by atoms with Crippen LogP contribution in [0, 0.1) is 24.0 Å². The Hall–Kier alpha value is -5.31. The summed E-state index contributed by atoms with van der Waals surface area (Å²) >= 11 is 0. The molecule has 2 aliphatic rings. The second-order valence-electron chi connectivity index (χ2n) is 10.4. The molecule has 1 N–H and O–H groups in total. The van der Waals surface area contributed by atoms with Gasteiger partial charge in [0.1, 0.15) is 35.2 Å². The van der Waals surface area contributed by atoms with Crippen molar-refractivity contribution in [2.45, 2.75) is 24.9 Å². The summed E-state index contributed by atoms with van der Waals surface area (Å²) in [6.07, 6.45) is 8.51. The number of carbonyl (C=O) groups is 2. The van der Waals surface area contributed by atoms with E-state index in [0.717, 1.165) is 12.8 Å². The first-order chi connectivity index (χ1) is 20.7. The van der Waals surface area contributed by atoms with Gasteiger partial charge in [0.15, 0.2) is 5.82 Å². The molecule has 4 aromatic rings. The normalized spacial score (nSPS) is 17.6. The number of amides is 1. The number of nitrogens with zero attached hydrogens (tertiary/aromatic N) is 5. The number of aromatic nitrogens is 3. The highest BCUT2D eigenvalue weighted by atomic mass is 19.1. The molecule has 2 bridgehead atoms. The SMILES string of the molecule is C#Cc1c(F)ccc2cc(O)cc(-c3ncc4c(N5CC6CCC(C5)N6C(=O)C(=C)COC=O)nc(OC)nc4c3F)c12. The molecule has 12 heteroatoms. The molecule has 2 aromatic carbocycles. The summed E-state index contributed by atoms with van der Waals surface area (Å²) in [6, 6.07) is 4.88. The number of carbonyl (C=O) groups excluding carboxylic acids is 2. The molecule has 1 amide bonds. The third-order valence-corrected chi connectivity index (χ3v) is 7.92. The lowest BCUT2D eigenvalue weighted by molar-refractivity contribution is -0.132. The van der Waals surface area contributed by atoms with Gasteiger partial charge in [-0.15, -0.1) is 6.42 Å². The Balaban J connectivity index is 1.43. The number of halogens is 2. The van der Waals surface area contributed by atoms with E-state index in [1.54, 1.807) is 4.90 Å². The van der Waals surface area contributed by atoms with Crippen molar-refractivity contribution in [3.05, 3.63) is 59.8 Å². The lowest BCUT2D eigenvalue weighted by atomic mass is 9.96. The van der Waals surface area contributed by atoms with E-state index in [2.05, 4.69) is 27.5 Å². The topological polar surface area (TPSA) is 118 Å².